The number of anilines is 1. The molecule has 4 heteroatoms. The third kappa shape index (κ3) is 3.66. The van der Waals surface area contributed by atoms with Gasteiger partial charge in [0.2, 0.25) is 5.95 Å². The summed E-state index contributed by atoms with van der Waals surface area (Å²) >= 11 is 0. The van der Waals surface area contributed by atoms with Gasteiger partial charge in [0.05, 0.1) is 0 Å². The average molecular weight is 262 g/mol. The standard InChI is InChI=1S/C15H26N4/c1-5-13-6-7-19(10-13)15-17-9-14(12(4)18-15)8-16-11(2)3/h9,11,13,16H,5-8,10H2,1-4H3. The second kappa shape index (κ2) is 6.33. The smallest absolute Gasteiger partial charge is 0.225 e. The third-order valence-corrected chi connectivity index (χ3v) is 3.92. The molecule has 1 N–H and O–H groups in total. The Kier molecular flexibility index (Phi) is 4.75. The molecule has 19 heavy (non-hydrogen) atoms. The van der Waals surface area contributed by atoms with E-state index in [1.165, 1.54) is 18.4 Å². The summed E-state index contributed by atoms with van der Waals surface area (Å²) in [6.45, 7) is 11.7. The normalized spacial score (nSPS) is 19.4. The zero-order chi connectivity index (χ0) is 13.8. The van der Waals surface area contributed by atoms with Gasteiger partial charge in [0, 0.05) is 43.1 Å². The van der Waals surface area contributed by atoms with Gasteiger partial charge in [0.25, 0.3) is 0 Å². The largest absolute Gasteiger partial charge is 0.341 e. The van der Waals surface area contributed by atoms with Gasteiger partial charge >= 0.3 is 0 Å². The fourth-order valence-corrected chi connectivity index (χ4v) is 2.47. The molecule has 0 aliphatic carbocycles. The number of nitrogens with zero attached hydrogens (tertiary/aromatic N) is 3. The van der Waals surface area contributed by atoms with Crippen molar-refractivity contribution in [3.8, 4) is 0 Å². The van der Waals surface area contributed by atoms with E-state index in [1.54, 1.807) is 0 Å². The van der Waals surface area contributed by atoms with E-state index in [9.17, 15) is 0 Å². The van der Waals surface area contributed by atoms with Crippen molar-refractivity contribution in [3.05, 3.63) is 17.5 Å². The van der Waals surface area contributed by atoms with Crippen molar-refractivity contribution in [2.24, 2.45) is 5.92 Å². The molecule has 1 atom stereocenters. The molecule has 1 aliphatic heterocycles. The van der Waals surface area contributed by atoms with E-state index in [2.05, 4.69) is 47.9 Å². The Morgan fingerprint density at radius 1 is 1.47 bits per heavy atom. The average Bonchev–Trinajstić information content (AvgIpc) is 2.85. The van der Waals surface area contributed by atoms with Crippen LogP contribution in [0.2, 0.25) is 0 Å². The minimum Gasteiger partial charge on any atom is -0.341 e. The minimum absolute atomic E-state index is 0.489. The zero-order valence-corrected chi connectivity index (χ0v) is 12.6. The first-order valence-electron chi connectivity index (χ1n) is 7.41. The van der Waals surface area contributed by atoms with Gasteiger partial charge in [-0.1, -0.05) is 27.2 Å². The molecule has 0 spiro atoms. The maximum atomic E-state index is 4.68. The summed E-state index contributed by atoms with van der Waals surface area (Å²) in [4.78, 5) is 11.5. The summed E-state index contributed by atoms with van der Waals surface area (Å²) in [6.07, 6.45) is 4.51. The molecule has 106 valence electrons. The molecular formula is C15H26N4. The van der Waals surface area contributed by atoms with E-state index in [0.29, 0.717) is 6.04 Å². The van der Waals surface area contributed by atoms with Crippen LogP contribution in [0.4, 0.5) is 5.95 Å². The predicted molar refractivity (Wildman–Crippen MR) is 79.4 cm³/mol. The first-order valence-corrected chi connectivity index (χ1v) is 7.41. The van der Waals surface area contributed by atoms with Crippen molar-refractivity contribution < 1.29 is 0 Å². The third-order valence-electron chi connectivity index (χ3n) is 3.92. The van der Waals surface area contributed by atoms with Crippen molar-refractivity contribution >= 4 is 5.95 Å². The van der Waals surface area contributed by atoms with E-state index in [1.807, 2.05) is 6.20 Å². The molecule has 2 rings (SSSR count). The van der Waals surface area contributed by atoms with Crippen LogP contribution >= 0.6 is 0 Å². The molecule has 1 saturated heterocycles. The predicted octanol–water partition coefficient (Wildman–Crippen LogP) is 2.52. The van der Waals surface area contributed by atoms with Crippen LogP contribution in [0.1, 0.15) is 44.9 Å². The zero-order valence-electron chi connectivity index (χ0n) is 12.6. The molecule has 1 aromatic heterocycles. The first-order chi connectivity index (χ1) is 9.10. The molecule has 0 radical (unpaired) electrons. The SMILES string of the molecule is CCC1CCN(c2ncc(CNC(C)C)c(C)n2)C1. The first kappa shape index (κ1) is 14.3. The molecular weight excluding hydrogens is 236 g/mol. The van der Waals surface area contributed by atoms with Gasteiger partial charge in [0.15, 0.2) is 0 Å². The van der Waals surface area contributed by atoms with Crippen LogP contribution in [0.5, 0.6) is 0 Å². The quantitative estimate of drug-likeness (QED) is 0.885. The van der Waals surface area contributed by atoms with Crippen molar-refractivity contribution in [1.29, 1.82) is 0 Å². The van der Waals surface area contributed by atoms with Crippen LogP contribution in [0.3, 0.4) is 0 Å². The summed E-state index contributed by atoms with van der Waals surface area (Å²) in [6, 6.07) is 0.489. The Labute approximate surface area is 116 Å². The van der Waals surface area contributed by atoms with Crippen LogP contribution in [-0.2, 0) is 6.54 Å². The Morgan fingerprint density at radius 3 is 2.84 bits per heavy atom. The number of hydrogen-bond acceptors (Lipinski definition) is 4. The Morgan fingerprint density at radius 2 is 2.26 bits per heavy atom. The van der Waals surface area contributed by atoms with Gasteiger partial charge in [-0.3, -0.25) is 0 Å². The number of aromatic nitrogens is 2. The lowest BCUT2D eigenvalue weighted by atomic mass is 10.1. The van der Waals surface area contributed by atoms with Crippen LogP contribution in [0.15, 0.2) is 6.20 Å². The van der Waals surface area contributed by atoms with Crippen LogP contribution < -0.4 is 10.2 Å². The van der Waals surface area contributed by atoms with E-state index in [4.69, 9.17) is 0 Å². The molecule has 1 aliphatic rings. The monoisotopic (exact) mass is 262 g/mol. The maximum Gasteiger partial charge on any atom is 0.225 e. The summed E-state index contributed by atoms with van der Waals surface area (Å²) in [7, 11) is 0. The lowest BCUT2D eigenvalue weighted by Gasteiger charge is -2.17. The van der Waals surface area contributed by atoms with E-state index >= 15 is 0 Å². The Balaban J connectivity index is 2.02. The van der Waals surface area contributed by atoms with E-state index < -0.39 is 0 Å². The highest BCUT2D eigenvalue weighted by atomic mass is 15.3. The van der Waals surface area contributed by atoms with Gasteiger partial charge in [-0.25, -0.2) is 9.97 Å². The van der Waals surface area contributed by atoms with Gasteiger partial charge in [-0.15, -0.1) is 0 Å². The summed E-state index contributed by atoms with van der Waals surface area (Å²) in [5.41, 5.74) is 2.29. The number of hydrogen-bond donors (Lipinski definition) is 1. The fraction of sp³-hybridized carbons (Fsp3) is 0.733. The van der Waals surface area contributed by atoms with Crippen LogP contribution in [0.25, 0.3) is 0 Å². The van der Waals surface area contributed by atoms with Gasteiger partial charge in [0.1, 0.15) is 0 Å². The summed E-state index contributed by atoms with van der Waals surface area (Å²) in [5.74, 6) is 1.72. The number of aryl methyl sites for hydroxylation is 1. The molecule has 1 unspecified atom stereocenters. The fourth-order valence-electron chi connectivity index (χ4n) is 2.47. The van der Waals surface area contributed by atoms with Gasteiger partial charge in [-0.05, 0) is 19.3 Å². The van der Waals surface area contributed by atoms with Crippen molar-refractivity contribution in [1.82, 2.24) is 15.3 Å². The molecule has 1 aromatic rings. The topological polar surface area (TPSA) is 41.1 Å². The molecule has 0 aromatic carbocycles. The number of rotatable bonds is 5. The molecule has 2 heterocycles. The highest BCUT2D eigenvalue weighted by molar-refractivity contribution is 5.34. The summed E-state index contributed by atoms with van der Waals surface area (Å²) in [5, 5.41) is 3.41. The number of nitrogens with one attached hydrogen (secondary N) is 1. The Bertz CT molecular complexity index is 417. The lowest BCUT2D eigenvalue weighted by Crippen LogP contribution is -2.25. The summed E-state index contributed by atoms with van der Waals surface area (Å²) < 4.78 is 0. The minimum atomic E-state index is 0.489. The molecule has 0 amide bonds. The van der Waals surface area contributed by atoms with Gasteiger partial charge < -0.3 is 10.2 Å². The second-order valence-electron chi connectivity index (χ2n) is 5.83. The van der Waals surface area contributed by atoms with Crippen molar-refractivity contribution in [2.45, 2.75) is 53.1 Å². The Hall–Kier alpha value is -1.16. The highest BCUT2D eigenvalue weighted by Gasteiger charge is 2.23. The molecule has 0 bridgehead atoms. The van der Waals surface area contributed by atoms with Crippen LogP contribution in [-0.4, -0.2) is 29.1 Å². The van der Waals surface area contributed by atoms with E-state index in [0.717, 1.165) is 37.2 Å². The van der Waals surface area contributed by atoms with E-state index in [-0.39, 0.29) is 0 Å². The van der Waals surface area contributed by atoms with Gasteiger partial charge in [-0.2, -0.15) is 0 Å². The lowest BCUT2D eigenvalue weighted by molar-refractivity contribution is 0.568. The molecule has 1 fully saturated rings. The highest BCUT2D eigenvalue weighted by Crippen LogP contribution is 2.23. The molecule has 4 nitrogen and oxygen atoms in total. The van der Waals surface area contributed by atoms with Crippen molar-refractivity contribution in [2.75, 3.05) is 18.0 Å². The second-order valence-corrected chi connectivity index (χ2v) is 5.83. The van der Waals surface area contributed by atoms with Crippen molar-refractivity contribution in [3.63, 3.8) is 0 Å². The molecule has 0 saturated carbocycles. The maximum absolute atomic E-state index is 4.68. The van der Waals surface area contributed by atoms with Crippen LogP contribution in [0, 0.1) is 12.8 Å².